The molecule has 5 heteroatoms. The van der Waals surface area contributed by atoms with Crippen LogP contribution in [-0.2, 0) is 4.79 Å². The highest BCUT2D eigenvalue weighted by atomic mass is 35.5. The van der Waals surface area contributed by atoms with E-state index in [-0.39, 0.29) is 17.7 Å². The summed E-state index contributed by atoms with van der Waals surface area (Å²) >= 11 is 5.99. The average molecular weight is 298 g/mol. The van der Waals surface area contributed by atoms with Gasteiger partial charge in [-0.1, -0.05) is 38.4 Å². The molecule has 0 saturated heterocycles. The van der Waals surface area contributed by atoms with Gasteiger partial charge in [0, 0.05) is 16.6 Å². The van der Waals surface area contributed by atoms with Crippen molar-refractivity contribution < 1.29 is 14.7 Å². The summed E-state index contributed by atoms with van der Waals surface area (Å²) in [5, 5.41) is 12.3. The minimum Gasteiger partial charge on any atom is -0.481 e. The second-order valence-electron chi connectivity index (χ2n) is 5.90. The molecule has 0 radical (unpaired) electrons. The van der Waals surface area contributed by atoms with Crippen LogP contribution < -0.4 is 5.32 Å². The molecule has 1 rings (SSSR count). The summed E-state index contributed by atoms with van der Waals surface area (Å²) in [7, 11) is 0. The van der Waals surface area contributed by atoms with Crippen molar-refractivity contribution in [2.45, 2.75) is 40.2 Å². The number of carboxylic acid groups (broad SMARTS) is 1. The predicted molar refractivity (Wildman–Crippen MR) is 79.2 cm³/mol. The third-order valence-corrected chi connectivity index (χ3v) is 3.65. The number of benzene rings is 1. The van der Waals surface area contributed by atoms with E-state index in [2.05, 4.69) is 5.32 Å². The molecule has 0 fully saturated rings. The second kappa shape index (κ2) is 6.27. The van der Waals surface area contributed by atoms with E-state index >= 15 is 0 Å². The number of nitrogens with one attached hydrogen (secondary N) is 1. The molecule has 0 aliphatic rings. The highest BCUT2D eigenvalue weighted by Gasteiger charge is 2.29. The molecule has 1 atom stereocenters. The first-order valence-electron chi connectivity index (χ1n) is 6.40. The van der Waals surface area contributed by atoms with Gasteiger partial charge in [-0.3, -0.25) is 9.59 Å². The summed E-state index contributed by atoms with van der Waals surface area (Å²) in [6.45, 7) is 7.45. The van der Waals surface area contributed by atoms with E-state index in [4.69, 9.17) is 16.7 Å². The fraction of sp³-hybridized carbons (Fsp3) is 0.467. The van der Waals surface area contributed by atoms with E-state index in [0.717, 1.165) is 0 Å². The monoisotopic (exact) mass is 297 g/mol. The maximum atomic E-state index is 12.3. The first-order chi connectivity index (χ1) is 9.12. The standard InChI is InChI=1S/C15H20ClNO3/c1-9-10(6-5-7-11(9)16)14(20)17-12(8-13(18)19)15(2,3)4/h5-7,12H,8H2,1-4H3,(H,17,20)(H,18,19). The highest BCUT2D eigenvalue weighted by molar-refractivity contribution is 6.31. The topological polar surface area (TPSA) is 66.4 Å². The van der Waals surface area contributed by atoms with E-state index in [9.17, 15) is 9.59 Å². The Kier molecular flexibility index (Phi) is 5.17. The van der Waals surface area contributed by atoms with Gasteiger partial charge in [0.05, 0.1) is 6.42 Å². The van der Waals surface area contributed by atoms with E-state index in [1.54, 1.807) is 25.1 Å². The molecule has 110 valence electrons. The molecule has 20 heavy (non-hydrogen) atoms. The molecule has 1 aromatic carbocycles. The van der Waals surface area contributed by atoms with Gasteiger partial charge in [0.15, 0.2) is 0 Å². The molecule has 0 saturated carbocycles. The van der Waals surface area contributed by atoms with Crippen LogP contribution in [-0.4, -0.2) is 23.0 Å². The number of hydrogen-bond acceptors (Lipinski definition) is 2. The Morgan fingerprint density at radius 1 is 1.35 bits per heavy atom. The van der Waals surface area contributed by atoms with Crippen LogP contribution in [0.3, 0.4) is 0 Å². The van der Waals surface area contributed by atoms with Crippen molar-refractivity contribution in [3.05, 3.63) is 34.3 Å². The zero-order chi connectivity index (χ0) is 15.5. The molecule has 1 amide bonds. The molecule has 0 aliphatic heterocycles. The lowest BCUT2D eigenvalue weighted by Gasteiger charge is -2.30. The number of halogens is 1. The van der Waals surface area contributed by atoms with Gasteiger partial charge in [-0.2, -0.15) is 0 Å². The molecule has 0 heterocycles. The fourth-order valence-electron chi connectivity index (χ4n) is 1.84. The van der Waals surface area contributed by atoms with Crippen molar-refractivity contribution in [2.24, 2.45) is 5.41 Å². The van der Waals surface area contributed by atoms with Crippen molar-refractivity contribution in [2.75, 3.05) is 0 Å². The third-order valence-electron chi connectivity index (χ3n) is 3.24. The first kappa shape index (κ1) is 16.5. The molecular formula is C15H20ClNO3. The van der Waals surface area contributed by atoms with Crippen molar-refractivity contribution in [3.8, 4) is 0 Å². The summed E-state index contributed by atoms with van der Waals surface area (Å²) in [6.07, 6.45) is -0.116. The maximum absolute atomic E-state index is 12.3. The summed E-state index contributed by atoms with van der Waals surface area (Å²) in [6, 6.07) is 4.64. The summed E-state index contributed by atoms with van der Waals surface area (Å²) in [5.74, 6) is -1.24. The second-order valence-corrected chi connectivity index (χ2v) is 6.31. The number of rotatable bonds is 4. The summed E-state index contributed by atoms with van der Waals surface area (Å²) in [4.78, 5) is 23.2. The van der Waals surface area contributed by atoms with Gasteiger partial charge in [-0.15, -0.1) is 0 Å². The van der Waals surface area contributed by atoms with E-state index in [1.807, 2.05) is 20.8 Å². The number of carbonyl (C=O) groups excluding carboxylic acids is 1. The summed E-state index contributed by atoms with van der Waals surface area (Å²) < 4.78 is 0. The molecule has 0 aliphatic carbocycles. The lowest BCUT2D eigenvalue weighted by molar-refractivity contribution is -0.138. The van der Waals surface area contributed by atoms with E-state index < -0.39 is 12.0 Å². The van der Waals surface area contributed by atoms with Gasteiger partial charge in [0.2, 0.25) is 0 Å². The zero-order valence-corrected chi connectivity index (χ0v) is 12.9. The molecule has 0 bridgehead atoms. The number of amides is 1. The van der Waals surface area contributed by atoms with Crippen molar-refractivity contribution in [1.82, 2.24) is 5.32 Å². The van der Waals surface area contributed by atoms with Crippen molar-refractivity contribution in [1.29, 1.82) is 0 Å². The predicted octanol–water partition coefficient (Wildman–Crippen LogP) is 3.27. The van der Waals surface area contributed by atoms with Gasteiger partial charge in [-0.25, -0.2) is 0 Å². The lowest BCUT2D eigenvalue weighted by atomic mass is 9.84. The Morgan fingerprint density at radius 3 is 2.45 bits per heavy atom. The van der Waals surface area contributed by atoms with Crippen molar-refractivity contribution >= 4 is 23.5 Å². The maximum Gasteiger partial charge on any atom is 0.305 e. The van der Waals surface area contributed by atoms with Crippen LogP contribution in [0.1, 0.15) is 43.1 Å². The molecule has 1 unspecified atom stereocenters. The highest BCUT2D eigenvalue weighted by Crippen LogP contribution is 2.24. The van der Waals surface area contributed by atoms with Crippen LogP contribution in [0.2, 0.25) is 5.02 Å². The van der Waals surface area contributed by atoms with Gasteiger partial charge in [0.1, 0.15) is 0 Å². The smallest absolute Gasteiger partial charge is 0.305 e. The van der Waals surface area contributed by atoms with Crippen LogP contribution in [0.15, 0.2) is 18.2 Å². The number of hydrogen-bond donors (Lipinski definition) is 2. The van der Waals surface area contributed by atoms with Crippen molar-refractivity contribution in [3.63, 3.8) is 0 Å². The van der Waals surface area contributed by atoms with Gasteiger partial charge in [-0.05, 0) is 30.0 Å². The number of aliphatic carboxylic acids is 1. The Morgan fingerprint density at radius 2 is 1.95 bits per heavy atom. The summed E-state index contributed by atoms with van der Waals surface area (Å²) in [5.41, 5.74) is 0.812. The minimum atomic E-state index is -0.937. The Balaban J connectivity index is 2.96. The Hall–Kier alpha value is -1.55. The molecule has 0 spiro atoms. The molecular weight excluding hydrogens is 278 g/mol. The van der Waals surface area contributed by atoms with E-state index in [0.29, 0.717) is 16.1 Å². The number of carboxylic acids is 1. The van der Waals surface area contributed by atoms with Gasteiger partial charge < -0.3 is 10.4 Å². The molecule has 2 N–H and O–H groups in total. The average Bonchev–Trinajstić information content (AvgIpc) is 2.30. The van der Waals surface area contributed by atoms with E-state index in [1.165, 1.54) is 0 Å². The Bertz CT molecular complexity index is 520. The minimum absolute atomic E-state index is 0.116. The zero-order valence-electron chi connectivity index (χ0n) is 12.2. The van der Waals surface area contributed by atoms with Crippen LogP contribution >= 0.6 is 11.6 Å². The largest absolute Gasteiger partial charge is 0.481 e. The normalized spacial score (nSPS) is 12.8. The van der Waals surface area contributed by atoms with Crippen LogP contribution in [0.4, 0.5) is 0 Å². The molecule has 4 nitrogen and oxygen atoms in total. The molecule has 0 aromatic heterocycles. The lowest BCUT2D eigenvalue weighted by Crippen LogP contribution is -2.45. The van der Waals surface area contributed by atoms with Gasteiger partial charge >= 0.3 is 5.97 Å². The quantitative estimate of drug-likeness (QED) is 0.896. The van der Waals surface area contributed by atoms with Crippen LogP contribution in [0.25, 0.3) is 0 Å². The number of carbonyl (C=O) groups is 2. The van der Waals surface area contributed by atoms with Gasteiger partial charge in [0.25, 0.3) is 5.91 Å². The van der Waals surface area contributed by atoms with Crippen LogP contribution in [0, 0.1) is 12.3 Å². The Labute approximate surface area is 124 Å². The first-order valence-corrected chi connectivity index (χ1v) is 6.78. The molecule has 1 aromatic rings. The SMILES string of the molecule is Cc1c(Cl)cccc1C(=O)NC(CC(=O)O)C(C)(C)C. The fourth-order valence-corrected chi connectivity index (χ4v) is 2.01. The third kappa shape index (κ3) is 4.23. The van der Waals surface area contributed by atoms with Crippen LogP contribution in [0.5, 0.6) is 0 Å².